The Morgan fingerprint density at radius 2 is 1.71 bits per heavy atom. The molecule has 3 heterocycles. The molecule has 184 valence electrons. The SMILES string of the molecule is O=C(Nc1nn(S(=O)(=O)c2ccccc2)c2c1CNC2)c1ccc(N2CCN(CCO)CC2)cc1. The van der Waals surface area contributed by atoms with Crippen LogP contribution in [0.15, 0.2) is 59.5 Å². The molecule has 0 atom stereocenters. The van der Waals surface area contributed by atoms with Gasteiger partial charge in [-0.1, -0.05) is 18.2 Å². The van der Waals surface area contributed by atoms with Crippen molar-refractivity contribution in [1.29, 1.82) is 0 Å². The van der Waals surface area contributed by atoms with Crippen molar-refractivity contribution in [3.63, 3.8) is 0 Å². The number of nitrogens with zero attached hydrogens (tertiary/aromatic N) is 4. The van der Waals surface area contributed by atoms with Crippen LogP contribution in [0.5, 0.6) is 0 Å². The predicted octanol–water partition coefficient (Wildman–Crippen LogP) is 1.09. The van der Waals surface area contributed by atoms with Crippen molar-refractivity contribution < 1.29 is 18.3 Å². The van der Waals surface area contributed by atoms with Crippen LogP contribution >= 0.6 is 0 Å². The Balaban J connectivity index is 1.31. The molecular formula is C24H28N6O4S. The molecule has 11 heteroatoms. The lowest BCUT2D eigenvalue weighted by Gasteiger charge is -2.35. The fourth-order valence-electron chi connectivity index (χ4n) is 4.50. The van der Waals surface area contributed by atoms with E-state index >= 15 is 0 Å². The van der Waals surface area contributed by atoms with Gasteiger partial charge in [0.25, 0.3) is 15.9 Å². The van der Waals surface area contributed by atoms with E-state index in [0.29, 0.717) is 36.5 Å². The average molecular weight is 497 g/mol. The normalized spacial score (nSPS) is 16.3. The minimum atomic E-state index is -3.88. The minimum absolute atomic E-state index is 0.142. The number of aliphatic hydroxyl groups is 1. The number of β-amino-alcohol motifs (C(OH)–C–C–N with tert-alkyl or cyclic N) is 1. The number of nitrogens with one attached hydrogen (secondary N) is 2. The highest BCUT2D eigenvalue weighted by molar-refractivity contribution is 7.89. The Morgan fingerprint density at radius 3 is 2.40 bits per heavy atom. The summed E-state index contributed by atoms with van der Waals surface area (Å²) in [5.41, 5.74) is 2.71. The number of rotatable bonds is 7. The number of hydrogen-bond acceptors (Lipinski definition) is 8. The number of piperazine rings is 1. The molecule has 1 fully saturated rings. The number of benzene rings is 2. The molecule has 1 saturated heterocycles. The first-order chi connectivity index (χ1) is 17.0. The molecule has 3 N–H and O–H groups in total. The second-order valence-corrected chi connectivity index (χ2v) is 10.4. The van der Waals surface area contributed by atoms with E-state index in [4.69, 9.17) is 5.11 Å². The van der Waals surface area contributed by atoms with Crippen LogP contribution in [0.1, 0.15) is 21.6 Å². The van der Waals surface area contributed by atoms with E-state index < -0.39 is 10.0 Å². The third kappa shape index (κ3) is 4.67. The van der Waals surface area contributed by atoms with Crippen molar-refractivity contribution in [2.24, 2.45) is 0 Å². The van der Waals surface area contributed by atoms with Gasteiger partial charge in [-0.25, -0.2) is 0 Å². The van der Waals surface area contributed by atoms with Gasteiger partial charge >= 0.3 is 0 Å². The standard InChI is InChI=1S/C24H28N6O4S/c31-15-14-28-10-12-29(13-11-28)19-8-6-18(7-9-19)24(32)26-23-21-16-25-17-22(21)30(27-23)35(33,34)20-4-2-1-3-5-20/h1-9,25,31H,10-17H2,(H,26,27,32). The molecule has 1 aromatic heterocycles. The average Bonchev–Trinajstić information content (AvgIpc) is 3.49. The lowest BCUT2D eigenvalue weighted by molar-refractivity contribution is 0.102. The van der Waals surface area contributed by atoms with Gasteiger partial charge in [-0.05, 0) is 36.4 Å². The maximum absolute atomic E-state index is 13.1. The van der Waals surface area contributed by atoms with E-state index in [9.17, 15) is 13.2 Å². The van der Waals surface area contributed by atoms with E-state index in [1.165, 1.54) is 12.1 Å². The van der Waals surface area contributed by atoms with E-state index in [-0.39, 0.29) is 23.2 Å². The van der Waals surface area contributed by atoms with E-state index in [1.807, 2.05) is 12.1 Å². The van der Waals surface area contributed by atoms with Crippen molar-refractivity contribution in [2.75, 3.05) is 49.5 Å². The number of carbonyl (C=O) groups is 1. The molecule has 5 rings (SSSR count). The van der Waals surface area contributed by atoms with Gasteiger partial charge in [0.1, 0.15) is 0 Å². The summed E-state index contributed by atoms with van der Waals surface area (Å²) in [6, 6.07) is 15.5. The van der Waals surface area contributed by atoms with Gasteiger partial charge in [0.05, 0.1) is 17.2 Å². The molecule has 0 aliphatic carbocycles. The quantitative estimate of drug-likeness (QED) is 0.445. The molecule has 2 aliphatic rings. The van der Waals surface area contributed by atoms with Gasteiger partial charge in [0.2, 0.25) is 0 Å². The first kappa shape index (κ1) is 23.5. The van der Waals surface area contributed by atoms with Crippen LogP contribution < -0.4 is 15.5 Å². The van der Waals surface area contributed by atoms with Crippen LogP contribution in [0, 0.1) is 0 Å². The first-order valence-electron chi connectivity index (χ1n) is 11.6. The number of aromatic nitrogens is 2. The molecule has 2 aliphatic heterocycles. The van der Waals surface area contributed by atoms with E-state index in [1.54, 1.807) is 30.3 Å². The second-order valence-electron chi connectivity index (χ2n) is 8.59. The van der Waals surface area contributed by atoms with Crippen LogP contribution in [0.2, 0.25) is 0 Å². The molecule has 3 aromatic rings. The monoisotopic (exact) mass is 496 g/mol. The Morgan fingerprint density at radius 1 is 1.00 bits per heavy atom. The lowest BCUT2D eigenvalue weighted by Crippen LogP contribution is -2.47. The van der Waals surface area contributed by atoms with Crippen LogP contribution in [0.4, 0.5) is 11.5 Å². The zero-order chi connectivity index (χ0) is 24.4. The van der Waals surface area contributed by atoms with Gasteiger partial charge in [-0.3, -0.25) is 9.69 Å². The number of amides is 1. The number of hydrogen-bond donors (Lipinski definition) is 3. The summed E-state index contributed by atoms with van der Waals surface area (Å²) in [7, 11) is -3.88. The molecule has 1 amide bonds. The number of carbonyl (C=O) groups excluding carboxylic acids is 1. The molecule has 2 aromatic carbocycles. The lowest BCUT2D eigenvalue weighted by atomic mass is 10.1. The van der Waals surface area contributed by atoms with E-state index in [2.05, 4.69) is 25.5 Å². The molecule has 0 bridgehead atoms. The fraction of sp³-hybridized carbons (Fsp3) is 0.333. The second kappa shape index (κ2) is 9.78. The molecule has 0 spiro atoms. The molecule has 10 nitrogen and oxygen atoms in total. The summed E-state index contributed by atoms with van der Waals surface area (Å²) in [4.78, 5) is 17.6. The van der Waals surface area contributed by atoms with Crippen molar-refractivity contribution in [1.82, 2.24) is 19.4 Å². The Kier molecular flexibility index (Phi) is 6.56. The summed E-state index contributed by atoms with van der Waals surface area (Å²) in [5.74, 6) is -0.0978. The summed E-state index contributed by atoms with van der Waals surface area (Å²) in [6.07, 6.45) is 0. The smallest absolute Gasteiger partial charge is 0.283 e. The Bertz CT molecular complexity index is 1300. The third-order valence-electron chi connectivity index (χ3n) is 6.43. The number of fused-ring (bicyclic) bond motifs is 1. The third-order valence-corrected chi connectivity index (χ3v) is 8.06. The van der Waals surface area contributed by atoms with E-state index in [0.717, 1.165) is 36.0 Å². The maximum atomic E-state index is 13.1. The highest BCUT2D eigenvalue weighted by atomic mass is 32.2. The van der Waals surface area contributed by atoms with Crippen molar-refractivity contribution >= 4 is 27.4 Å². The topological polar surface area (TPSA) is 120 Å². The fourth-order valence-corrected chi connectivity index (χ4v) is 5.85. The maximum Gasteiger partial charge on any atom is 0.283 e. The largest absolute Gasteiger partial charge is 0.395 e. The minimum Gasteiger partial charge on any atom is -0.395 e. The number of anilines is 2. The van der Waals surface area contributed by atoms with Crippen molar-refractivity contribution in [3.05, 3.63) is 71.4 Å². The summed E-state index contributed by atoms with van der Waals surface area (Å²) in [5, 5.41) is 19.3. The molecule has 0 saturated carbocycles. The van der Waals surface area contributed by atoms with Crippen molar-refractivity contribution in [3.8, 4) is 0 Å². The molecule has 0 unspecified atom stereocenters. The summed E-state index contributed by atoms with van der Waals surface area (Å²) < 4.78 is 27.3. The van der Waals surface area contributed by atoms with Crippen LogP contribution in [0.25, 0.3) is 0 Å². The van der Waals surface area contributed by atoms with Crippen LogP contribution in [-0.2, 0) is 23.1 Å². The van der Waals surface area contributed by atoms with Crippen LogP contribution in [0.3, 0.4) is 0 Å². The summed E-state index contributed by atoms with van der Waals surface area (Å²) >= 11 is 0. The molecular weight excluding hydrogens is 468 g/mol. The van der Waals surface area contributed by atoms with Gasteiger partial charge in [-0.2, -0.15) is 12.5 Å². The van der Waals surface area contributed by atoms with Gasteiger partial charge in [0.15, 0.2) is 5.82 Å². The first-order valence-corrected chi connectivity index (χ1v) is 13.0. The molecule has 35 heavy (non-hydrogen) atoms. The number of aliphatic hydroxyl groups excluding tert-OH is 1. The Labute approximate surface area is 204 Å². The van der Waals surface area contributed by atoms with Gasteiger partial charge < -0.3 is 20.6 Å². The van der Waals surface area contributed by atoms with Gasteiger partial charge in [0, 0.05) is 62.6 Å². The summed E-state index contributed by atoms with van der Waals surface area (Å²) in [6.45, 7) is 5.12. The highest BCUT2D eigenvalue weighted by Gasteiger charge is 2.30. The van der Waals surface area contributed by atoms with Crippen LogP contribution in [-0.4, -0.2) is 72.8 Å². The van der Waals surface area contributed by atoms with Gasteiger partial charge in [-0.15, -0.1) is 5.10 Å². The highest BCUT2D eigenvalue weighted by Crippen LogP contribution is 2.28. The Hall–Kier alpha value is -3.25. The zero-order valence-corrected chi connectivity index (χ0v) is 20.0. The zero-order valence-electron chi connectivity index (χ0n) is 19.2. The predicted molar refractivity (Wildman–Crippen MR) is 132 cm³/mol. The van der Waals surface area contributed by atoms with Crippen molar-refractivity contribution in [2.45, 2.75) is 18.0 Å². The molecule has 0 radical (unpaired) electrons.